The monoisotopic (exact) mass is 460 g/mol. The zero-order valence-corrected chi connectivity index (χ0v) is 17.2. The van der Waals surface area contributed by atoms with E-state index in [4.69, 9.17) is 4.42 Å². The third-order valence-corrected chi connectivity index (χ3v) is 6.61. The van der Waals surface area contributed by atoms with Gasteiger partial charge in [-0.3, -0.25) is 9.55 Å². The molecule has 4 heterocycles. The van der Waals surface area contributed by atoms with Crippen molar-refractivity contribution in [3.8, 4) is 22.2 Å². The molecule has 0 saturated heterocycles. The van der Waals surface area contributed by atoms with Crippen LogP contribution in [0.15, 0.2) is 50.0 Å². The Bertz CT molecular complexity index is 1070. The van der Waals surface area contributed by atoms with Gasteiger partial charge in [-0.25, -0.2) is 0 Å². The fourth-order valence-corrected chi connectivity index (χ4v) is 4.85. The largest absolute Gasteiger partial charge is 0.419 e. The van der Waals surface area contributed by atoms with Crippen LogP contribution in [0, 0.1) is 0 Å². The van der Waals surface area contributed by atoms with Crippen LogP contribution in [0.5, 0.6) is 0 Å². The van der Waals surface area contributed by atoms with E-state index in [0.29, 0.717) is 23.6 Å². The fourth-order valence-electron chi connectivity index (χ4n) is 2.70. The molecule has 0 amide bonds. The van der Waals surface area contributed by atoms with Gasteiger partial charge in [0.2, 0.25) is 5.89 Å². The van der Waals surface area contributed by atoms with E-state index in [1.165, 1.54) is 0 Å². The summed E-state index contributed by atoms with van der Waals surface area (Å²) in [7, 11) is 0. The maximum Gasteiger partial charge on any atom is 0.257 e. The highest BCUT2D eigenvalue weighted by atomic mass is 79.9. The van der Waals surface area contributed by atoms with E-state index in [1.807, 2.05) is 30.5 Å². The molecule has 4 aromatic rings. The minimum absolute atomic E-state index is 0.458. The van der Waals surface area contributed by atoms with E-state index >= 15 is 0 Å². The van der Waals surface area contributed by atoms with E-state index in [2.05, 4.69) is 45.9 Å². The summed E-state index contributed by atoms with van der Waals surface area (Å²) in [6, 6.07) is 8.31. The molecule has 136 valence electrons. The smallest absolute Gasteiger partial charge is 0.257 e. The van der Waals surface area contributed by atoms with E-state index in [1.54, 1.807) is 29.3 Å². The van der Waals surface area contributed by atoms with Crippen molar-refractivity contribution in [2.24, 2.45) is 0 Å². The van der Waals surface area contributed by atoms with Gasteiger partial charge in [0.1, 0.15) is 0 Å². The Morgan fingerprint density at radius 1 is 1.19 bits per heavy atom. The molecule has 1 fully saturated rings. The quantitative estimate of drug-likeness (QED) is 0.380. The van der Waals surface area contributed by atoms with Crippen molar-refractivity contribution in [2.75, 3.05) is 0 Å². The summed E-state index contributed by atoms with van der Waals surface area (Å²) in [5, 5.41) is 18.0. The van der Waals surface area contributed by atoms with Crippen LogP contribution in [0.25, 0.3) is 22.2 Å². The normalized spacial score (nSPS) is 14.0. The standard InChI is InChI=1S/C17H13BrN6OS2/c18-13-6-5-12(27-13)16-22-20-14(25-16)9-26-17-23-21-15(24(17)11-3-4-11)10-2-1-7-19-8-10/h1-2,5-8,11H,3-4,9H2. The van der Waals surface area contributed by atoms with Crippen LogP contribution in [0.3, 0.4) is 0 Å². The molecule has 1 aliphatic rings. The third-order valence-electron chi connectivity index (χ3n) is 4.07. The Balaban J connectivity index is 1.36. The number of hydrogen-bond donors (Lipinski definition) is 0. The van der Waals surface area contributed by atoms with Crippen LogP contribution in [-0.4, -0.2) is 29.9 Å². The van der Waals surface area contributed by atoms with Gasteiger partial charge in [-0.2, -0.15) is 0 Å². The van der Waals surface area contributed by atoms with Crippen LogP contribution >= 0.6 is 39.0 Å². The van der Waals surface area contributed by atoms with Crippen molar-refractivity contribution in [1.29, 1.82) is 0 Å². The van der Waals surface area contributed by atoms with Crippen molar-refractivity contribution >= 4 is 39.0 Å². The Morgan fingerprint density at radius 3 is 2.85 bits per heavy atom. The lowest BCUT2D eigenvalue weighted by Gasteiger charge is -2.07. The molecule has 4 aromatic heterocycles. The zero-order valence-electron chi connectivity index (χ0n) is 13.9. The van der Waals surface area contributed by atoms with Gasteiger partial charge in [0.05, 0.1) is 14.4 Å². The third kappa shape index (κ3) is 3.56. The second kappa shape index (κ2) is 7.17. The SMILES string of the molecule is Brc1ccc(-c2nnc(CSc3nnc(-c4cccnc4)n3C3CC3)o2)s1. The summed E-state index contributed by atoms with van der Waals surface area (Å²) in [5.74, 6) is 2.54. The molecule has 0 N–H and O–H groups in total. The number of hydrogen-bond acceptors (Lipinski definition) is 8. The molecule has 10 heteroatoms. The summed E-state index contributed by atoms with van der Waals surface area (Å²) in [6.45, 7) is 0. The number of aromatic nitrogens is 6. The number of thiophene rings is 1. The first-order chi connectivity index (χ1) is 13.3. The molecule has 1 saturated carbocycles. The molecule has 7 nitrogen and oxygen atoms in total. The summed E-state index contributed by atoms with van der Waals surface area (Å²) >= 11 is 6.58. The molecule has 0 unspecified atom stereocenters. The lowest BCUT2D eigenvalue weighted by Crippen LogP contribution is -2.00. The number of nitrogens with zero attached hydrogens (tertiary/aromatic N) is 6. The predicted molar refractivity (Wildman–Crippen MR) is 106 cm³/mol. The van der Waals surface area contributed by atoms with Gasteiger partial charge < -0.3 is 4.42 Å². The molecule has 0 aromatic carbocycles. The van der Waals surface area contributed by atoms with Gasteiger partial charge in [-0.15, -0.1) is 31.7 Å². The Hall–Kier alpha value is -2.04. The van der Waals surface area contributed by atoms with Gasteiger partial charge in [0.15, 0.2) is 11.0 Å². The summed E-state index contributed by atoms with van der Waals surface area (Å²) in [6.07, 6.45) is 5.88. The number of rotatable bonds is 6. The van der Waals surface area contributed by atoms with Crippen LogP contribution in [-0.2, 0) is 5.75 Å². The minimum Gasteiger partial charge on any atom is -0.419 e. The lowest BCUT2D eigenvalue weighted by molar-refractivity contribution is 0.529. The molecule has 0 bridgehead atoms. The summed E-state index contributed by atoms with van der Waals surface area (Å²) in [4.78, 5) is 5.14. The predicted octanol–water partition coefficient (Wildman–Crippen LogP) is 4.84. The maximum atomic E-state index is 5.79. The molecular weight excluding hydrogens is 448 g/mol. The van der Waals surface area contributed by atoms with Crippen LogP contribution in [0.2, 0.25) is 0 Å². The Labute approximate surface area is 171 Å². The van der Waals surface area contributed by atoms with Gasteiger partial charge in [0.25, 0.3) is 5.89 Å². The van der Waals surface area contributed by atoms with Gasteiger partial charge in [-0.05, 0) is 53.0 Å². The van der Waals surface area contributed by atoms with E-state index in [9.17, 15) is 0 Å². The molecule has 0 spiro atoms. The molecular formula is C17H13BrN6OS2. The highest BCUT2D eigenvalue weighted by molar-refractivity contribution is 9.11. The molecule has 27 heavy (non-hydrogen) atoms. The fraction of sp³-hybridized carbons (Fsp3) is 0.235. The number of pyridine rings is 1. The average molecular weight is 461 g/mol. The molecule has 5 rings (SSSR count). The second-order valence-electron chi connectivity index (χ2n) is 6.04. The van der Waals surface area contributed by atoms with Gasteiger partial charge >= 0.3 is 0 Å². The van der Waals surface area contributed by atoms with E-state index in [-0.39, 0.29) is 0 Å². The van der Waals surface area contributed by atoms with Crippen molar-refractivity contribution in [3.05, 3.63) is 46.3 Å². The first kappa shape index (κ1) is 17.1. The van der Waals surface area contributed by atoms with E-state index in [0.717, 1.165) is 38.0 Å². The number of halogens is 1. The van der Waals surface area contributed by atoms with Crippen molar-refractivity contribution in [2.45, 2.75) is 29.8 Å². The summed E-state index contributed by atoms with van der Waals surface area (Å²) < 4.78 is 9.03. The molecule has 0 aliphatic heterocycles. The van der Waals surface area contributed by atoms with Gasteiger partial charge in [-0.1, -0.05) is 11.8 Å². The highest BCUT2D eigenvalue weighted by Crippen LogP contribution is 2.41. The van der Waals surface area contributed by atoms with Crippen molar-refractivity contribution in [3.63, 3.8) is 0 Å². The zero-order chi connectivity index (χ0) is 18.2. The van der Waals surface area contributed by atoms with Crippen molar-refractivity contribution < 1.29 is 4.42 Å². The molecule has 0 atom stereocenters. The van der Waals surface area contributed by atoms with Gasteiger partial charge in [0, 0.05) is 24.0 Å². The summed E-state index contributed by atoms with van der Waals surface area (Å²) in [5.41, 5.74) is 0.979. The van der Waals surface area contributed by atoms with Crippen LogP contribution in [0.4, 0.5) is 0 Å². The van der Waals surface area contributed by atoms with Crippen LogP contribution in [0.1, 0.15) is 24.8 Å². The van der Waals surface area contributed by atoms with Crippen LogP contribution < -0.4 is 0 Å². The first-order valence-corrected chi connectivity index (χ1v) is 10.9. The van der Waals surface area contributed by atoms with E-state index < -0.39 is 0 Å². The molecule has 1 aliphatic carbocycles. The Kier molecular flexibility index (Phi) is 4.54. The first-order valence-electron chi connectivity index (χ1n) is 8.34. The number of thioether (sulfide) groups is 1. The topological polar surface area (TPSA) is 82.5 Å². The lowest BCUT2D eigenvalue weighted by atomic mass is 10.3. The molecule has 0 radical (unpaired) electrons. The maximum absolute atomic E-state index is 5.79. The minimum atomic E-state index is 0.458. The average Bonchev–Trinajstić information content (AvgIpc) is 3.09. The van der Waals surface area contributed by atoms with Crippen molar-refractivity contribution in [1.82, 2.24) is 29.9 Å². The Morgan fingerprint density at radius 2 is 2.11 bits per heavy atom. The second-order valence-corrected chi connectivity index (χ2v) is 9.45. The highest BCUT2D eigenvalue weighted by Gasteiger charge is 2.30.